The molecule has 1 amide bonds. The summed E-state index contributed by atoms with van der Waals surface area (Å²) in [6.07, 6.45) is 3.74. The summed E-state index contributed by atoms with van der Waals surface area (Å²) in [4.78, 5) is 25.1. The summed E-state index contributed by atoms with van der Waals surface area (Å²) in [6.45, 7) is 2.72. The molecule has 0 radical (unpaired) electrons. The second-order valence-electron chi connectivity index (χ2n) is 7.53. The Morgan fingerprint density at radius 2 is 1.87 bits per heavy atom. The third-order valence-electron chi connectivity index (χ3n) is 5.43. The fourth-order valence-corrected chi connectivity index (χ4v) is 3.96. The molecule has 0 unspecified atom stereocenters. The van der Waals surface area contributed by atoms with Crippen LogP contribution in [-0.2, 0) is 11.3 Å². The van der Waals surface area contributed by atoms with E-state index < -0.39 is 5.97 Å². The van der Waals surface area contributed by atoms with Crippen LogP contribution in [0.15, 0.2) is 48.5 Å². The van der Waals surface area contributed by atoms with Gasteiger partial charge in [0.1, 0.15) is 6.61 Å². The third-order valence-corrected chi connectivity index (χ3v) is 5.75. The van der Waals surface area contributed by atoms with Gasteiger partial charge in [0.2, 0.25) is 0 Å². The number of aromatic carboxylic acids is 1. The quantitative estimate of drug-likeness (QED) is 0.578. The molecule has 2 aromatic carbocycles. The van der Waals surface area contributed by atoms with Crippen molar-refractivity contribution in [1.29, 1.82) is 0 Å². The van der Waals surface area contributed by atoms with Crippen LogP contribution < -0.4 is 10.2 Å². The molecule has 0 atom stereocenters. The third kappa shape index (κ3) is 6.39. The predicted molar refractivity (Wildman–Crippen MR) is 117 cm³/mol. The van der Waals surface area contributed by atoms with Crippen LogP contribution in [0.25, 0.3) is 0 Å². The van der Waals surface area contributed by atoms with E-state index in [1.807, 2.05) is 36.4 Å². The van der Waals surface area contributed by atoms with Crippen LogP contribution in [0.5, 0.6) is 0 Å². The number of carbonyl (C=O) groups is 2. The van der Waals surface area contributed by atoms with Gasteiger partial charge in [0.15, 0.2) is 0 Å². The minimum absolute atomic E-state index is 0.130. The fraction of sp³-hybridized carbons (Fsp3) is 0.391. The molecule has 1 fully saturated rings. The lowest BCUT2D eigenvalue weighted by Gasteiger charge is -2.34. The van der Waals surface area contributed by atoms with E-state index in [0.29, 0.717) is 12.5 Å². The number of carboxylic acids is 1. The van der Waals surface area contributed by atoms with Crippen molar-refractivity contribution in [3.8, 4) is 0 Å². The van der Waals surface area contributed by atoms with Gasteiger partial charge in [-0.1, -0.05) is 41.9 Å². The standard InChI is InChI=1S/C23H27ClN2O4/c24-21-15-19(8-9-20(21)22(27)28)26-13-10-17(11-14-26)7-4-12-25-23(29)30-16-18-5-2-1-3-6-18/h1-3,5-6,8-9,15,17H,4,7,10-14,16H2,(H,25,29)(H,27,28). The van der Waals surface area contributed by atoms with Crippen molar-refractivity contribution in [3.63, 3.8) is 0 Å². The van der Waals surface area contributed by atoms with E-state index in [9.17, 15) is 9.59 Å². The molecule has 2 aromatic rings. The van der Waals surface area contributed by atoms with Crippen molar-refractivity contribution < 1.29 is 19.4 Å². The van der Waals surface area contributed by atoms with Gasteiger partial charge < -0.3 is 20.1 Å². The number of halogens is 1. The van der Waals surface area contributed by atoms with Gasteiger partial charge in [0.05, 0.1) is 10.6 Å². The monoisotopic (exact) mass is 430 g/mol. The first-order valence-electron chi connectivity index (χ1n) is 10.3. The first kappa shape index (κ1) is 22.0. The van der Waals surface area contributed by atoms with Gasteiger partial charge in [-0.3, -0.25) is 0 Å². The molecule has 0 bridgehead atoms. The minimum Gasteiger partial charge on any atom is -0.478 e. The average molecular weight is 431 g/mol. The summed E-state index contributed by atoms with van der Waals surface area (Å²) in [5.41, 5.74) is 2.06. The molecule has 160 valence electrons. The van der Waals surface area contributed by atoms with Gasteiger partial charge in [-0.15, -0.1) is 0 Å². The van der Waals surface area contributed by atoms with Gasteiger partial charge in [0, 0.05) is 25.3 Å². The molecule has 7 heteroatoms. The second kappa shape index (κ2) is 10.9. The molecule has 0 aromatic heterocycles. The molecule has 0 spiro atoms. The molecule has 0 saturated carbocycles. The van der Waals surface area contributed by atoms with Crippen molar-refractivity contribution in [3.05, 3.63) is 64.7 Å². The van der Waals surface area contributed by atoms with Gasteiger partial charge >= 0.3 is 12.1 Å². The molecule has 1 aliphatic rings. The SMILES string of the molecule is O=C(NCCCC1CCN(c2ccc(C(=O)O)c(Cl)c2)CC1)OCc1ccccc1. The molecule has 2 N–H and O–H groups in total. The van der Waals surface area contributed by atoms with Crippen LogP contribution in [0.2, 0.25) is 5.02 Å². The Morgan fingerprint density at radius 1 is 1.13 bits per heavy atom. The maximum atomic E-state index is 11.8. The highest BCUT2D eigenvalue weighted by Crippen LogP contribution is 2.29. The number of nitrogens with one attached hydrogen (secondary N) is 1. The number of anilines is 1. The van der Waals surface area contributed by atoms with E-state index in [2.05, 4.69) is 10.2 Å². The number of amides is 1. The van der Waals surface area contributed by atoms with Gasteiger partial charge in [-0.2, -0.15) is 0 Å². The molecule has 3 rings (SSSR count). The zero-order valence-corrected chi connectivity index (χ0v) is 17.6. The number of rotatable bonds is 8. The summed E-state index contributed by atoms with van der Waals surface area (Å²) in [7, 11) is 0. The van der Waals surface area contributed by atoms with Crippen LogP contribution in [0.1, 0.15) is 41.6 Å². The molecule has 0 aliphatic carbocycles. The minimum atomic E-state index is -1.01. The Bertz CT molecular complexity index is 852. The number of alkyl carbamates (subject to hydrolysis) is 1. The fourth-order valence-electron chi connectivity index (χ4n) is 3.71. The van der Waals surface area contributed by atoms with E-state index in [4.69, 9.17) is 21.4 Å². The smallest absolute Gasteiger partial charge is 0.407 e. The van der Waals surface area contributed by atoms with E-state index in [1.165, 1.54) is 0 Å². The van der Waals surface area contributed by atoms with Gasteiger partial charge in [-0.05, 0) is 55.4 Å². The first-order valence-corrected chi connectivity index (χ1v) is 10.6. The number of benzene rings is 2. The number of hydrogen-bond donors (Lipinski definition) is 2. The predicted octanol–water partition coefficient (Wildman–Crippen LogP) is 4.96. The van der Waals surface area contributed by atoms with Crippen molar-refractivity contribution in [2.75, 3.05) is 24.5 Å². The Labute approximate surface area is 181 Å². The summed E-state index contributed by atoms with van der Waals surface area (Å²) in [6, 6.07) is 14.7. The van der Waals surface area contributed by atoms with Crippen molar-refractivity contribution in [2.45, 2.75) is 32.3 Å². The Hall–Kier alpha value is -2.73. The van der Waals surface area contributed by atoms with E-state index >= 15 is 0 Å². The average Bonchev–Trinajstić information content (AvgIpc) is 2.76. The number of ether oxygens (including phenoxy) is 1. The number of carbonyl (C=O) groups excluding carboxylic acids is 1. The highest BCUT2D eigenvalue weighted by molar-refractivity contribution is 6.33. The van der Waals surface area contributed by atoms with E-state index in [-0.39, 0.29) is 23.3 Å². The lowest BCUT2D eigenvalue weighted by molar-refractivity contribution is 0.0697. The van der Waals surface area contributed by atoms with E-state index in [0.717, 1.165) is 50.0 Å². The highest BCUT2D eigenvalue weighted by atomic mass is 35.5. The Morgan fingerprint density at radius 3 is 2.53 bits per heavy atom. The maximum absolute atomic E-state index is 11.8. The van der Waals surface area contributed by atoms with Crippen LogP contribution in [0, 0.1) is 5.92 Å². The van der Waals surface area contributed by atoms with E-state index in [1.54, 1.807) is 12.1 Å². The molecule has 30 heavy (non-hydrogen) atoms. The summed E-state index contributed by atoms with van der Waals surface area (Å²) < 4.78 is 5.21. The Balaban J connectivity index is 1.32. The first-order chi connectivity index (χ1) is 14.5. The largest absolute Gasteiger partial charge is 0.478 e. The lowest BCUT2D eigenvalue weighted by Crippen LogP contribution is -2.34. The maximum Gasteiger partial charge on any atom is 0.407 e. The van der Waals surface area contributed by atoms with Crippen LogP contribution >= 0.6 is 11.6 Å². The molecule has 1 aliphatic heterocycles. The van der Waals surface area contributed by atoms with Crippen molar-refractivity contribution in [2.24, 2.45) is 5.92 Å². The molecule has 6 nitrogen and oxygen atoms in total. The normalized spacial score (nSPS) is 14.4. The summed E-state index contributed by atoms with van der Waals surface area (Å²) in [5.74, 6) is -0.389. The summed E-state index contributed by atoms with van der Waals surface area (Å²) >= 11 is 6.09. The topological polar surface area (TPSA) is 78.9 Å². The second-order valence-corrected chi connectivity index (χ2v) is 7.94. The lowest BCUT2D eigenvalue weighted by atomic mass is 9.92. The summed E-state index contributed by atoms with van der Waals surface area (Å²) in [5, 5.41) is 12.2. The highest BCUT2D eigenvalue weighted by Gasteiger charge is 2.20. The van der Waals surface area contributed by atoms with Gasteiger partial charge in [-0.25, -0.2) is 9.59 Å². The Kier molecular flexibility index (Phi) is 7.97. The van der Waals surface area contributed by atoms with Crippen LogP contribution in [0.4, 0.5) is 10.5 Å². The molecular formula is C23H27ClN2O4. The van der Waals surface area contributed by atoms with Gasteiger partial charge in [0.25, 0.3) is 0 Å². The molecule has 1 heterocycles. The number of nitrogens with zero attached hydrogens (tertiary/aromatic N) is 1. The number of hydrogen-bond acceptors (Lipinski definition) is 4. The van der Waals surface area contributed by atoms with Crippen LogP contribution in [-0.4, -0.2) is 36.8 Å². The van der Waals surface area contributed by atoms with Crippen molar-refractivity contribution in [1.82, 2.24) is 5.32 Å². The van der Waals surface area contributed by atoms with Crippen molar-refractivity contribution >= 4 is 29.4 Å². The zero-order valence-electron chi connectivity index (χ0n) is 16.9. The number of piperidine rings is 1. The zero-order chi connectivity index (χ0) is 21.3. The van der Waals surface area contributed by atoms with Crippen LogP contribution in [0.3, 0.4) is 0 Å². The molecular weight excluding hydrogens is 404 g/mol. The number of carboxylic acid groups (broad SMARTS) is 1. The molecule has 1 saturated heterocycles.